The molecule has 2 saturated carbocycles. The van der Waals surface area contributed by atoms with Crippen LogP contribution in [0, 0.1) is 27.1 Å². The second-order valence-corrected chi connectivity index (χ2v) is 10.8. The summed E-state index contributed by atoms with van der Waals surface area (Å²) in [6.45, 7) is 9.46. The maximum atomic E-state index is 14.0. The minimum Gasteiger partial charge on any atom is -0.388 e. The van der Waals surface area contributed by atoms with E-state index in [0.29, 0.717) is 19.3 Å². The number of ketones is 3. The molecule has 5 nitrogen and oxygen atoms in total. The fourth-order valence-electron chi connectivity index (χ4n) is 7.79. The lowest BCUT2D eigenvalue weighted by Crippen LogP contribution is -2.72. The fourth-order valence-corrected chi connectivity index (χ4v) is 7.79. The van der Waals surface area contributed by atoms with Crippen molar-refractivity contribution in [3.63, 3.8) is 0 Å². The van der Waals surface area contributed by atoms with Gasteiger partial charge in [-0.1, -0.05) is 52.3 Å². The second-order valence-electron chi connectivity index (χ2n) is 10.8. The van der Waals surface area contributed by atoms with Gasteiger partial charge in [0.1, 0.15) is 18.0 Å². The number of aliphatic hydroxyl groups is 2. The first-order valence-corrected chi connectivity index (χ1v) is 10.6. The SMILES string of the molecule is CC12C=CC(=O)CC1=CCC1(C)C3(C)CCC(O)(C(=O)CO)C3(C)CC(=O)C21C. The quantitative estimate of drug-likeness (QED) is 0.696. The zero-order chi connectivity index (χ0) is 21.7. The molecule has 0 aromatic carbocycles. The van der Waals surface area contributed by atoms with Crippen LogP contribution in [0.25, 0.3) is 0 Å². The van der Waals surface area contributed by atoms with Crippen LogP contribution in [-0.2, 0) is 14.4 Å². The first-order chi connectivity index (χ1) is 13.3. The molecule has 0 bridgehead atoms. The molecule has 6 unspecified atom stereocenters. The number of allylic oxidation sites excluding steroid dienone is 4. The summed E-state index contributed by atoms with van der Waals surface area (Å²) >= 11 is 0. The normalized spacial score (nSPS) is 51.2. The van der Waals surface area contributed by atoms with E-state index in [1.807, 2.05) is 19.9 Å². The number of carbonyl (C=O) groups excluding carboxylic acids is 3. The molecule has 2 fully saturated rings. The molecular weight excluding hydrogens is 368 g/mol. The highest BCUT2D eigenvalue weighted by Gasteiger charge is 2.80. The third-order valence-electron chi connectivity index (χ3n) is 10.5. The Morgan fingerprint density at radius 1 is 1.03 bits per heavy atom. The molecule has 0 aromatic heterocycles. The Morgan fingerprint density at radius 2 is 1.69 bits per heavy atom. The molecule has 2 N–H and O–H groups in total. The number of Topliss-reactive ketones (excluding diaryl/α,β-unsaturated/α-hetero) is 2. The highest BCUT2D eigenvalue weighted by Crippen LogP contribution is 2.79. The van der Waals surface area contributed by atoms with E-state index < -0.39 is 45.1 Å². The molecular formula is C24H32O5. The summed E-state index contributed by atoms with van der Waals surface area (Å²) in [5, 5.41) is 21.0. The van der Waals surface area contributed by atoms with Crippen molar-refractivity contribution >= 4 is 17.3 Å². The molecule has 4 rings (SSSR count). The Balaban J connectivity index is 1.97. The molecule has 6 atom stereocenters. The Hall–Kier alpha value is -1.59. The molecule has 5 heteroatoms. The van der Waals surface area contributed by atoms with Crippen molar-refractivity contribution < 1.29 is 24.6 Å². The molecule has 0 heterocycles. The third-order valence-corrected chi connectivity index (χ3v) is 10.5. The van der Waals surface area contributed by atoms with E-state index in [1.54, 1.807) is 6.08 Å². The van der Waals surface area contributed by atoms with Gasteiger partial charge in [-0.3, -0.25) is 14.4 Å². The summed E-state index contributed by atoms with van der Waals surface area (Å²) in [4.78, 5) is 38.7. The second kappa shape index (κ2) is 5.55. The van der Waals surface area contributed by atoms with Gasteiger partial charge in [-0.25, -0.2) is 0 Å². The van der Waals surface area contributed by atoms with E-state index in [2.05, 4.69) is 26.8 Å². The van der Waals surface area contributed by atoms with Crippen molar-refractivity contribution in [3.05, 3.63) is 23.8 Å². The van der Waals surface area contributed by atoms with Crippen molar-refractivity contribution in [2.45, 2.75) is 72.3 Å². The summed E-state index contributed by atoms with van der Waals surface area (Å²) in [5.41, 5.74) is -4.01. The molecule has 0 saturated heterocycles. The van der Waals surface area contributed by atoms with Crippen LogP contribution in [-0.4, -0.2) is 39.8 Å². The lowest BCUT2D eigenvalue weighted by atomic mass is 9.31. The molecule has 158 valence electrons. The predicted octanol–water partition coefficient (Wildman–Crippen LogP) is 2.94. The first kappa shape index (κ1) is 20.7. The molecule has 4 aliphatic rings. The van der Waals surface area contributed by atoms with Gasteiger partial charge in [-0.05, 0) is 36.2 Å². The average Bonchev–Trinajstić information content (AvgIpc) is 2.88. The zero-order valence-corrected chi connectivity index (χ0v) is 18.1. The van der Waals surface area contributed by atoms with Gasteiger partial charge in [-0.15, -0.1) is 0 Å². The van der Waals surface area contributed by atoms with Gasteiger partial charge in [0, 0.05) is 29.1 Å². The molecule has 29 heavy (non-hydrogen) atoms. The topological polar surface area (TPSA) is 91.7 Å². The summed E-state index contributed by atoms with van der Waals surface area (Å²) in [6, 6.07) is 0. The minimum absolute atomic E-state index is 0.0261. The molecule has 0 radical (unpaired) electrons. The zero-order valence-electron chi connectivity index (χ0n) is 18.1. The van der Waals surface area contributed by atoms with Crippen molar-refractivity contribution in [1.29, 1.82) is 0 Å². The maximum absolute atomic E-state index is 14.0. The Morgan fingerprint density at radius 3 is 2.31 bits per heavy atom. The van der Waals surface area contributed by atoms with E-state index in [9.17, 15) is 24.6 Å². The summed E-state index contributed by atoms with van der Waals surface area (Å²) in [7, 11) is 0. The van der Waals surface area contributed by atoms with E-state index in [-0.39, 0.29) is 24.4 Å². The Kier molecular flexibility index (Phi) is 3.96. The van der Waals surface area contributed by atoms with E-state index in [4.69, 9.17) is 0 Å². The van der Waals surface area contributed by atoms with Crippen LogP contribution in [0.3, 0.4) is 0 Å². The lowest BCUT2D eigenvalue weighted by Gasteiger charge is -2.71. The predicted molar refractivity (Wildman–Crippen MR) is 108 cm³/mol. The van der Waals surface area contributed by atoms with Gasteiger partial charge in [0.15, 0.2) is 11.6 Å². The molecule has 0 aromatic rings. The van der Waals surface area contributed by atoms with Gasteiger partial charge in [0.2, 0.25) is 0 Å². The molecule has 0 amide bonds. The molecule has 0 aliphatic heterocycles. The highest BCUT2D eigenvalue weighted by molar-refractivity contribution is 5.97. The summed E-state index contributed by atoms with van der Waals surface area (Å²) in [6.07, 6.45) is 7.54. The first-order valence-electron chi connectivity index (χ1n) is 10.6. The van der Waals surface area contributed by atoms with Crippen molar-refractivity contribution in [3.8, 4) is 0 Å². The summed E-state index contributed by atoms with van der Waals surface area (Å²) < 4.78 is 0. The van der Waals surface area contributed by atoms with Crippen LogP contribution in [0.15, 0.2) is 23.8 Å². The highest BCUT2D eigenvalue weighted by atomic mass is 16.3. The van der Waals surface area contributed by atoms with E-state index >= 15 is 0 Å². The van der Waals surface area contributed by atoms with Crippen LogP contribution >= 0.6 is 0 Å². The minimum atomic E-state index is -1.71. The van der Waals surface area contributed by atoms with Crippen LogP contribution in [0.4, 0.5) is 0 Å². The standard InChI is InChI=1S/C24H32O5/c1-19-8-7-16(26)12-15(19)6-9-21(3)20(2)10-11-24(29,18(28)14-25)22(20,4)13-17(27)23(19,21)5/h6-8,25,29H,9-14H2,1-5H3. The van der Waals surface area contributed by atoms with Crippen LogP contribution < -0.4 is 0 Å². The number of carbonyl (C=O) groups is 3. The van der Waals surface area contributed by atoms with Crippen molar-refractivity contribution in [1.82, 2.24) is 0 Å². The largest absolute Gasteiger partial charge is 0.388 e. The maximum Gasteiger partial charge on any atom is 0.190 e. The van der Waals surface area contributed by atoms with Crippen LogP contribution in [0.5, 0.6) is 0 Å². The lowest BCUT2D eigenvalue weighted by molar-refractivity contribution is -0.222. The van der Waals surface area contributed by atoms with Gasteiger partial charge in [0.25, 0.3) is 0 Å². The Bertz CT molecular complexity index is 901. The van der Waals surface area contributed by atoms with E-state index in [1.165, 1.54) is 0 Å². The molecule has 0 spiro atoms. The smallest absolute Gasteiger partial charge is 0.190 e. The van der Waals surface area contributed by atoms with Gasteiger partial charge >= 0.3 is 0 Å². The van der Waals surface area contributed by atoms with E-state index in [0.717, 1.165) is 5.57 Å². The van der Waals surface area contributed by atoms with Gasteiger partial charge < -0.3 is 10.2 Å². The average molecular weight is 401 g/mol. The van der Waals surface area contributed by atoms with Gasteiger partial charge in [0.05, 0.1) is 0 Å². The van der Waals surface area contributed by atoms with Crippen LogP contribution in [0.1, 0.15) is 66.7 Å². The number of fused-ring (bicyclic) bond motifs is 5. The number of hydrogen-bond acceptors (Lipinski definition) is 5. The number of hydrogen-bond donors (Lipinski definition) is 2. The molecule has 4 aliphatic carbocycles. The number of aliphatic hydroxyl groups excluding tert-OH is 1. The Labute approximate surface area is 172 Å². The monoisotopic (exact) mass is 400 g/mol. The third kappa shape index (κ3) is 1.88. The van der Waals surface area contributed by atoms with Crippen molar-refractivity contribution in [2.24, 2.45) is 27.1 Å². The number of rotatable bonds is 2. The fraction of sp³-hybridized carbons (Fsp3) is 0.708. The summed E-state index contributed by atoms with van der Waals surface area (Å²) in [5.74, 6) is -0.507. The van der Waals surface area contributed by atoms with Gasteiger partial charge in [-0.2, -0.15) is 0 Å². The van der Waals surface area contributed by atoms with Crippen LogP contribution in [0.2, 0.25) is 0 Å². The van der Waals surface area contributed by atoms with Crippen molar-refractivity contribution in [2.75, 3.05) is 6.61 Å².